The highest BCUT2D eigenvalue weighted by atomic mass is 79.9. The fourth-order valence-corrected chi connectivity index (χ4v) is 3.92. The Hall–Kier alpha value is -3.52. The number of aromatic nitrogens is 1. The van der Waals surface area contributed by atoms with Gasteiger partial charge in [-0.3, -0.25) is 4.79 Å². The van der Waals surface area contributed by atoms with Crippen molar-refractivity contribution in [1.82, 2.24) is 4.98 Å². The van der Waals surface area contributed by atoms with Crippen molar-refractivity contribution in [2.45, 2.75) is 0 Å². The fourth-order valence-electron chi connectivity index (χ4n) is 3.41. The molecule has 0 saturated carbocycles. The number of anilines is 1. The van der Waals surface area contributed by atoms with E-state index in [4.69, 9.17) is 9.47 Å². The molecule has 31 heavy (non-hydrogen) atoms. The molecule has 0 aliphatic carbocycles. The van der Waals surface area contributed by atoms with Gasteiger partial charge in [-0.25, -0.2) is 13.8 Å². The molecule has 8 heteroatoms. The third kappa shape index (κ3) is 3.59. The first-order chi connectivity index (χ1) is 15.0. The zero-order chi connectivity index (χ0) is 21.5. The molecule has 5 nitrogen and oxygen atoms in total. The molecule has 0 spiro atoms. The summed E-state index contributed by atoms with van der Waals surface area (Å²) in [5.74, 6) is -0.946. The highest BCUT2D eigenvalue weighted by Crippen LogP contribution is 2.36. The first-order valence-corrected chi connectivity index (χ1v) is 10.0. The highest BCUT2D eigenvalue weighted by Gasteiger charge is 2.19. The molecule has 1 aromatic heterocycles. The number of fused-ring (bicyclic) bond motifs is 2. The number of halogens is 3. The molecule has 2 heterocycles. The third-order valence-corrected chi connectivity index (χ3v) is 5.50. The topological polar surface area (TPSA) is 60.5 Å². The van der Waals surface area contributed by atoms with Crippen LogP contribution in [-0.2, 0) is 0 Å². The number of para-hydroxylation sites is 1. The van der Waals surface area contributed by atoms with Crippen LogP contribution in [-0.4, -0.2) is 17.7 Å². The number of nitrogens with one attached hydrogen (secondary N) is 1. The Labute approximate surface area is 183 Å². The van der Waals surface area contributed by atoms with E-state index in [1.807, 2.05) is 12.1 Å². The minimum absolute atomic E-state index is 0.104. The van der Waals surface area contributed by atoms with Crippen molar-refractivity contribution in [1.29, 1.82) is 0 Å². The average molecular weight is 483 g/mol. The molecule has 0 bridgehead atoms. The van der Waals surface area contributed by atoms with Crippen molar-refractivity contribution in [3.05, 3.63) is 82.3 Å². The predicted molar refractivity (Wildman–Crippen MR) is 115 cm³/mol. The van der Waals surface area contributed by atoms with E-state index in [-0.39, 0.29) is 17.0 Å². The van der Waals surface area contributed by atoms with Crippen molar-refractivity contribution >= 4 is 38.4 Å². The van der Waals surface area contributed by atoms with Crippen molar-refractivity contribution < 1.29 is 23.0 Å². The van der Waals surface area contributed by atoms with Crippen LogP contribution in [0.3, 0.4) is 0 Å². The van der Waals surface area contributed by atoms with E-state index in [0.29, 0.717) is 39.7 Å². The van der Waals surface area contributed by atoms with Gasteiger partial charge in [0, 0.05) is 21.5 Å². The van der Waals surface area contributed by atoms with Crippen LogP contribution in [0, 0.1) is 11.6 Å². The van der Waals surface area contributed by atoms with Gasteiger partial charge in [0.05, 0.1) is 22.5 Å². The molecule has 0 atom stereocenters. The van der Waals surface area contributed by atoms with Crippen LogP contribution in [0.2, 0.25) is 0 Å². The maximum atomic E-state index is 14.2. The normalized spacial score (nSPS) is 12.2. The summed E-state index contributed by atoms with van der Waals surface area (Å²) >= 11 is 3.10. The van der Waals surface area contributed by atoms with Gasteiger partial charge in [-0.05, 0) is 52.3 Å². The number of hydrogen-bond donors (Lipinski definition) is 1. The minimum Gasteiger partial charge on any atom is -0.454 e. The molecule has 5 rings (SSSR count). The van der Waals surface area contributed by atoms with E-state index in [1.165, 1.54) is 0 Å². The number of benzene rings is 3. The molecule has 1 aliphatic heterocycles. The second-order valence-electron chi connectivity index (χ2n) is 6.84. The van der Waals surface area contributed by atoms with Crippen molar-refractivity contribution in [2.24, 2.45) is 0 Å². The van der Waals surface area contributed by atoms with Crippen LogP contribution < -0.4 is 14.8 Å². The summed E-state index contributed by atoms with van der Waals surface area (Å²) in [5.41, 5.74) is 2.03. The van der Waals surface area contributed by atoms with Crippen LogP contribution in [0.5, 0.6) is 11.5 Å². The Balaban J connectivity index is 1.60. The second-order valence-corrected chi connectivity index (χ2v) is 7.69. The van der Waals surface area contributed by atoms with Gasteiger partial charge >= 0.3 is 0 Å². The molecule has 0 radical (unpaired) electrons. The Kier molecular flexibility index (Phi) is 4.78. The first kappa shape index (κ1) is 19.4. The number of amides is 1. The molecule has 4 aromatic rings. The Morgan fingerprint density at radius 3 is 2.65 bits per heavy atom. The van der Waals surface area contributed by atoms with Crippen molar-refractivity contribution in [3.63, 3.8) is 0 Å². The summed E-state index contributed by atoms with van der Waals surface area (Å²) in [6.07, 6.45) is 0. The first-order valence-electron chi connectivity index (χ1n) is 9.25. The Morgan fingerprint density at radius 2 is 1.81 bits per heavy atom. The van der Waals surface area contributed by atoms with Gasteiger partial charge in [-0.1, -0.05) is 18.2 Å². The quantitative estimate of drug-likeness (QED) is 0.393. The number of rotatable bonds is 3. The number of hydrogen-bond acceptors (Lipinski definition) is 4. The van der Waals surface area contributed by atoms with Gasteiger partial charge in [-0.2, -0.15) is 0 Å². The molecule has 1 amide bonds. The lowest BCUT2D eigenvalue weighted by atomic mass is 10.0. The summed E-state index contributed by atoms with van der Waals surface area (Å²) in [4.78, 5) is 17.8. The molecule has 0 unspecified atom stereocenters. The number of pyridine rings is 1. The largest absolute Gasteiger partial charge is 0.454 e. The van der Waals surface area contributed by atoms with Crippen LogP contribution >= 0.6 is 15.9 Å². The minimum atomic E-state index is -0.880. The van der Waals surface area contributed by atoms with Gasteiger partial charge in [0.25, 0.3) is 5.91 Å². The van der Waals surface area contributed by atoms with E-state index >= 15 is 0 Å². The lowest BCUT2D eigenvalue weighted by molar-refractivity contribution is 0.102. The Bertz CT molecular complexity index is 1340. The molecule has 0 saturated heterocycles. The van der Waals surface area contributed by atoms with Crippen LogP contribution in [0.25, 0.3) is 22.2 Å². The average Bonchev–Trinajstić information content (AvgIpc) is 3.23. The predicted octanol–water partition coefficient (Wildman–Crippen LogP) is 5.92. The molecule has 3 aromatic carbocycles. The summed E-state index contributed by atoms with van der Waals surface area (Å²) < 4.78 is 38.5. The van der Waals surface area contributed by atoms with Crippen LogP contribution in [0.15, 0.2) is 65.1 Å². The molecule has 1 N–H and O–H groups in total. The van der Waals surface area contributed by atoms with Gasteiger partial charge in [0.1, 0.15) is 5.82 Å². The van der Waals surface area contributed by atoms with Gasteiger partial charge in [0.2, 0.25) is 6.79 Å². The SMILES string of the molecule is O=C(Nc1c(F)cc(F)cc1Br)c1cc(-c2ccc3c(c2)OCO3)nc2ccccc12. The van der Waals surface area contributed by atoms with Crippen molar-refractivity contribution in [3.8, 4) is 22.8 Å². The second kappa shape index (κ2) is 7.63. The summed E-state index contributed by atoms with van der Waals surface area (Å²) in [6, 6.07) is 16.0. The molecule has 1 aliphatic rings. The smallest absolute Gasteiger partial charge is 0.256 e. The van der Waals surface area contributed by atoms with Gasteiger partial charge in [-0.15, -0.1) is 0 Å². The van der Waals surface area contributed by atoms with E-state index in [0.717, 1.165) is 11.6 Å². The monoisotopic (exact) mass is 482 g/mol. The highest BCUT2D eigenvalue weighted by molar-refractivity contribution is 9.10. The van der Waals surface area contributed by atoms with E-state index in [1.54, 1.807) is 36.4 Å². The fraction of sp³-hybridized carbons (Fsp3) is 0.0435. The van der Waals surface area contributed by atoms with Crippen LogP contribution in [0.1, 0.15) is 10.4 Å². The maximum Gasteiger partial charge on any atom is 0.256 e. The summed E-state index contributed by atoms with van der Waals surface area (Å²) in [5, 5.41) is 3.13. The standard InChI is InChI=1S/C23H13BrF2N2O3/c24-16-8-13(25)9-17(26)22(16)28-23(29)15-10-19(27-18-4-2-1-3-14(15)18)12-5-6-20-21(7-12)31-11-30-20/h1-10H,11H2,(H,28,29). The number of carbonyl (C=O) groups excluding carboxylic acids is 1. The van der Waals surface area contributed by atoms with Gasteiger partial charge in [0.15, 0.2) is 17.3 Å². The lowest BCUT2D eigenvalue weighted by Gasteiger charge is -2.12. The summed E-state index contributed by atoms with van der Waals surface area (Å²) in [7, 11) is 0. The number of carbonyl (C=O) groups is 1. The lowest BCUT2D eigenvalue weighted by Crippen LogP contribution is -2.15. The summed E-state index contributed by atoms with van der Waals surface area (Å²) in [6.45, 7) is 0.149. The maximum absolute atomic E-state index is 14.2. The molecule has 0 fully saturated rings. The van der Waals surface area contributed by atoms with E-state index < -0.39 is 17.5 Å². The van der Waals surface area contributed by atoms with E-state index in [9.17, 15) is 13.6 Å². The molecule has 154 valence electrons. The Morgan fingerprint density at radius 1 is 1.00 bits per heavy atom. The van der Waals surface area contributed by atoms with E-state index in [2.05, 4.69) is 26.2 Å². The third-order valence-electron chi connectivity index (χ3n) is 4.87. The molecular weight excluding hydrogens is 470 g/mol. The zero-order valence-electron chi connectivity index (χ0n) is 15.8. The molecular formula is C23H13BrF2N2O3. The zero-order valence-corrected chi connectivity index (χ0v) is 17.4. The van der Waals surface area contributed by atoms with Crippen molar-refractivity contribution in [2.75, 3.05) is 12.1 Å². The van der Waals surface area contributed by atoms with Crippen LogP contribution in [0.4, 0.5) is 14.5 Å². The van der Waals surface area contributed by atoms with Gasteiger partial charge < -0.3 is 14.8 Å². The number of ether oxygens (including phenoxy) is 2. The number of nitrogens with zero attached hydrogens (tertiary/aromatic N) is 1.